The van der Waals surface area contributed by atoms with E-state index in [0.29, 0.717) is 25.4 Å². The lowest BCUT2D eigenvalue weighted by Gasteiger charge is -2.21. The van der Waals surface area contributed by atoms with Gasteiger partial charge in [-0.2, -0.15) is 0 Å². The molecular formula is C12H16N2O3. The van der Waals surface area contributed by atoms with Crippen molar-refractivity contribution in [3.8, 4) is 0 Å². The summed E-state index contributed by atoms with van der Waals surface area (Å²) in [7, 11) is 0. The molecule has 0 aliphatic carbocycles. The minimum atomic E-state index is -0.255. The zero-order chi connectivity index (χ0) is 12.3. The molecular weight excluding hydrogens is 220 g/mol. The third-order valence-corrected chi connectivity index (χ3v) is 2.74. The van der Waals surface area contributed by atoms with Crippen LogP contribution in [-0.2, 0) is 4.74 Å². The largest absolute Gasteiger partial charge is 0.377 e. The van der Waals surface area contributed by atoms with Crippen molar-refractivity contribution in [3.63, 3.8) is 0 Å². The SMILES string of the molecule is CC1CN(C(=O)c2cccc(=O)[nH]2)CCCO1. The summed E-state index contributed by atoms with van der Waals surface area (Å²) in [6.45, 7) is 3.85. The van der Waals surface area contributed by atoms with Crippen LogP contribution in [0.1, 0.15) is 23.8 Å². The number of hydrogen-bond acceptors (Lipinski definition) is 3. The summed E-state index contributed by atoms with van der Waals surface area (Å²) >= 11 is 0. The third-order valence-electron chi connectivity index (χ3n) is 2.74. The van der Waals surface area contributed by atoms with Crippen LogP contribution in [0.25, 0.3) is 0 Å². The summed E-state index contributed by atoms with van der Waals surface area (Å²) in [6, 6.07) is 4.61. The van der Waals surface area contributed by atoms with Gasteiger partial charge < -0.3 is 14.6 Å². The van der Waals surface area contributed by atoms with Crippen molar-refractivity contribution in [2.24, 2.45) is 0 Å². The van der Waals surface area contributed by atoms with Gasteiger partial charge in [0, 0.05) is 25.8 Å². The number of rotatable bonds is 1. The minimum Gasteiger partial charge on any atom is -0.377 e. The fourth-order valence-corrected chi connectivity index (χ4v) is 1.92. The number of aromatic amines is 1. The normalized spacial score (nSPS) is 21.0. The molecule has 0 saturated carbocycles. The Labute approximate surface area is 99.4 Å². The average molecular weight is 236 g/mol. The molecule has 2 rings (SSSR count). The van der Waals surface area contributed by atoms with Crippen molar-refractivity contribution in [1.29, 1.82) is 0 Å². The Morgan fingerprint density at radius 3 is 3.12 bits per heavy atom. The lowest BCUT2D eigenvalue weighted by atomic mass is 10.2. The van der Waals surface area contributed by atoms with Crippen LogP contribution in [0.2, 0.25) is 0 Å². The van der Waals surface area contributed by atoms with Crippen LogP contribution < -0.4 is 5.56 Å². The van der Waals surface area contributed by atoms with Gasteiger partial charge in [0.15, 0.2) is 0 Å². The Balaban J connectivity index is 2.16. The first-order valence-electron chi connectivity index (χ1n) is 5.77. The molecule has 17 heavy (non-hydrogen) atoms. The lowest BCUT2D eigenvalue weighted by molar-refractivity contribution is 0.0559. The number of hydrogen-bond donors (Lipinski definition) is 1. The predicted molar refractivity (Wildman–Crippen MR) is 63.0 cm³/mol. The molecule has 0 bridgehead atoms. The van der Waals surface area contributed by atoms with E-state index in [2.05, 4.69) is 4.98 Å². The number of H-pyrrole nitrogens is 1. The van der Waals surface area contributed by atoms with Crippen molar-refractivity contribution in [3.05, 3.63) is 34.2 Å². The predicted octanol–water partition coefficient (Wildman–Crippen LogP) is 0.626. The van der Waals surface area contributed by atoms with Gasteiger partial charge in [-0.25, -0.2) is 0 Å². The first kappa shape index (κ1) is 11.9. The molecule has 5 heteroatoms. The molecule has 1 aliphatic heterocycles. The Morgan fingerprint density at radius 1 is 1.53 bits per heavy atom. The molecule has 0 aromatic carbocycles. The highest BCUT2D eigenvalue weighted by molar-refractivity contribution is 5.92. The van der Waals surface area contributed by atoms with E-state index in [0.717, 1.165) is 6.42 Å². The van der Waals surface area contributed by atoms with E-state index in [1.807, 2.05) is 6.92 Å². The van der Waals surface area contributed by atoms with Crippen molar-refractivity contribution >= 4 is 5.91 Å². The Morgan fingerprint density at radius 2 is 2.35 bits per heavy atom. The van der Waals surface area contributed by atoms with E-state index < -0.39 is 0 Å². The number of ether oxygens (including phenoxy) is 1. The standard InChI is InChI=1S/C12H16N2O3/c1-9-8-14(6-3-7-17-9)12(16)10-4-2-5-11(15)13-10/h2,4-5,9H,3,6-8H2,1H3,(H,13,15). The van der Waals surface area contributed by atoms with Crippen LogP contribution in [0.4, 0.5) is 0 Å². The van der Waals surface area contributed by atoms with Gasteiger partial charge in [0.1, 0.15) is 5.69 Å². The van der Waals surface area contributed by atoms with Crippen LogP contribution in [0.5, 0.6) is 0 Å². The van der Waals surface area contributed by atoms with Gasteiger partial charge in [0.2, 0.25) is 5.56 Å². The summed E-state index contributed by atoms with van der Waals surface area (Å²) in [6.07, 6.45) is 0.865. The number of aromatic nitrogens is 1. The van der Waals surface area contributed by atoms with E-state index in [-0.39, 0.29) is 17.6 Å². The van der Waals surface area contributed by atoms with Gasteiger partial charge in [-0.05, 0) is 19.4 Å². The molecule has 0 radical (unpaired) electrons. The van der Waals surface area contributed by atoms with Gasteiger partial charge in [0.25, 0.3) is 5.91 Å². The summed E-state index contributed by atoms with van der Waals surface area (Å²) < 4.78 is 5.48. The van der Waals surface area contributed by atoms with Crippen LogP contribution in [0.15, 0.2) is 23.0 Å². The number of carbonyl (C=O) groups excluding carboxylic acids is 1. The van der Waals surface area contributed by atoms with Crippen LogP contribution in [0, 0.1) is 0 Å². The maximum absolute atomic E-state index is 12.2. The molecule has 92 valence electrons. The summed E-state index contributed by atoms with van der Waals surface area (Å²) in [5.74, 6) is -0.139. The number of carbonyl (C=O) groups is 1. The first-order chi connectivity index (χ1) is 8.16. The monoisotopic (exact) mass is 236 g/mol. The van der Waals surface area contributed by atoms with Crippen LogP contribution >= 0.6 is 0 Å². The van der Waals surface area contributed by atoms with Crippen molar-refractivity contribution < 1.29 is 9.53 Å². The molecule has 1 atom stereocenters. The third kappa shape index (κ3) is 2.94. The van der Waals surface area contributed by atoms with E-state index >= 15 is 0 Å². The van der Waals surface area contributed by atoms with Gasteiger partial charge in [-0.15, -0.1) is 0 Å². The van der Waals surface area contributed by atoms with Gasteiger partial charge in [-0.3, -0.25) is 9.59 Å². The van der Waals surface area contributed by atoms with Gasteiger partial charge >= 0.3 is 0 Å². The fraction of sp³-hybridized carbons (Fsp3) is 0.500. The molecule has 1 fully saturated rings. The second-order valence-electron chi connectivity index (χ2n) is 4.21. The molecule has 1 saturated heterocycles. The molecule has 5 nitrogen and oxygen atoms in total. The Bertz CT molecular complexity index is 455. The van der Waals surface area contributed by atoms with Gasteiger partial charge in [-0.1, -0.05) is 6.07 Å². The van der Waals surface area contributed by atoms with E-state index in [9.17, 15) is 9.59 Å². The average Bonchev–Trinajstić information content (AvgIpc) is 2.53. The number of nitrogens with one attached hydrogen (secondary N) is 1. The minimum absolute atomic E-state index is 0.0388. The highest BCUT2D eigenvalue weighted by atomic mass is 16.5. The summed E-state index contributed by atoms with van der Waals surface area (Å²) in [4.78, 5) is 27.6. The molecule has 0 spiro atoms. The van der Waals surface area contributed by atoms with E-state index in [4.69, 9.17) is 4.74 Å². The molecule has 1 unspecified atom stereocenters. The van der Waals surface area contributed by atoms with Crippen molar-refractivity contribution in [1.82, 2.24) is 9.88 Å². The molecule has 1 amide bonds. The highest BCUT2D eigenvalue weighted by Crippen LogP contribution is 2.08. The Hall–Kier alpha value is -1.62. The summed E-state index contributed by atoms with van der Waals surface area (Å²) in [5, 5.41) is 0. The van der Waals surface area contributed by atoms with Gasteiger partial charge in [0.05, 0.1) is 6.10 Å². The second-order valence-corrected chi connectivity index (χ2v) is 4.21. The number of amides is 1. The highest BCUT2D eigenvalue weighted by Gasteiger charge is 2.21. The maximum Gasteiger partial charge on any atom is 0.270 e. The maximum atomic E-state index is 12.2. The lowest BCUT2D eigenvalue weighted by Crippen LogP contribution is -2.36. The van der Waals surface area contributed by atoms with E-state index in [1.165, 1.54) is 6.07 Å². The number of nitrogens with zero attached hydrogens (tertiary/aromatic N) is 1. The Kier molecular flexibility index (Phi) is 3.58. The molecule has 2 heterocycles. The second kappa shape index (κ2) is 5.14. The van der Waals surface area contributed by atoms with Crippen LogP contribution in [-0.4, -0.2) is 41.6 Å². The first-order valence-corrected chi connectivity index (χ1v) is 5.77. The smallest absolute Gasteiger partial charge is 0.270 e. The van der Waals surface area contributed by atoms with Crippen molar-refractivity contribution in [2.75, 3.05) is 19.7 Å². The molecule has 1 aromatic heterocycles. The molecule has 1 aliphatic rings. The molecule has 1 aromatic rings. The van der Waals surface area contributed by atoms with Crippen LogP contribution in [0.3, 0.4) is 0 Å². The zero-order valence-corrected chi connectivity index (χ0v) is 9.81. The van der Waals surface area contributed by atoms with Crippen molar-refractivity contribution in [2.45, 2.75) is 19.4 Å². The van der Waals surface area contributed by atoms with E-state index in [1.54, 1.807) is 17.0 Å². The number of pyridine rings is 1. The fourth-order valence-electron chi connectivity index (χ4n) is 1.92. The quantitative estimate of drug-likeness (QED) is 0.777. The topological polar surface area (TPSA) is 62.4 Å². The molecule has 1 N–H and O–H groups in total. The summed E-state index contributed by atoms with van der Waals surface area (Å²) in [5.41, 5.74) is 0.0848. The zero-order valence-electron chi connectivity index (χ0n) is 9.81.